The third-order valence-electron chi connectivity index (χ3n) is 4.64. The summed E-state index contributed by atoms with van der Waals surface area (Å²) in [6.07, 6.45) is 1.56. The van der Waals surface area contributed by atoms with Crippen molar-refractivity contribution < 1.29 is 13.9 Å². The fraction of sp³-hybridized carbons (Fsp3) is 0.0909. The summed E-state index contributed by atoms with van der Waals surface area (Å²) >= 11 is 9.07. The highest BCUT2D eigenvalue weighted by Gasteiger charge is 2.20. The van der Waals surface area contributed by atoms with E-state index in [9.17, 15) is 4.79 Å². The van der Waals surface area contributed by atoms with Gasteiger partial charge in [-0.25, -0.2) is 4.98 Å². The minimum atomic E-state index is -0.209. The Morgan fingerprint density at radius 1 is 1.21 bits per heavy atom. The molecule has 0 aliphatic rings. The van der Waals surface area contributed by atoms with Crippen molar-refractivity contribution in [2.24, 2.45) is 0 Å². The number of aromatic nitrogens is 4. The summed E-state index contributed by atoms with van der Waals surface area (Å²) in [6, 6.07) is 16.5. The predicted octanol–water partition coefficient (Wildman–Crippen LogP) is 5.53. The van der Waals surface area contributed by atoms with Crippen LogP contribution in [0.1, 0.15) is 0 Å². The molecule has 0 atom stereocenters. The lowest BCUT2D eigenvalue weighted by Crippen LogP contribution is -2.14. The van der Waals surface area contributed by atoms with E-state index in [4.69, 9.17) is 20.8 Å². The van der Waals surface area contributed by atoms with E-state index < -0.39 is 0 Å². The number of carbonyl (C=O) groups is 1. The number of nitrogens with one attached hydrogen (secondary N) is 1. The standard InChI is InChI=1S/C22H16ClN5O3S2/c1-30-13-8-9-15-18(11-13)33-21(24-15)25-19(29)12-32-22-27-26-20(17-7-4-10-31-17)28(22)16-6-3-2-5-14(16)23/h2-11H,12H2,1H3,(H,24,25,29). The summed E-state index contributed by atoms with van der Waals surface area (Å²) in [6.45, 7) is 0. The van der Waals surface area contributed by atoms with Crippen LogP contribution in [0.2, 0.25) is 5.02 Å². The van der Waals surface area contributed by atoms with Crippen molar-refractivity contribution in [3.63, 3.8) is 0 Å². The second kappa shape index (κ2) is 9.26. The number of carbonyl (C=O) groups excluding carboxylic acids is 1. The van der Waals surface area contributed by atoms with E-state index >= 15 is 0 Å². The maximum Gasteiger partial charge on any atom is 0.236 e. The Balaban J connectivity index is 1.36. The number of thioether (sulfide) groups is 1. The van der Waals surface area contributed by atoms with E-state index in [0.29, 0.717) is 32.6 Å². The molecule has 0 bridgehead atoms. The van der Waals surface area contributed by atoms with Crippen LogP contribution >= 0.6 is 34.7 Å². The van der Waals surface area contributed by atoms with Crippen LogP contribution in [0.15, 0.2) is 70.4 Å². The van der Waals surface area contributed by atoms with Gasteiger partial charge in [-0.05, 0) is 42.5 Å². The van der Waals surface area contributed by atoms with Crippen molar-refractivity contribution in [1.29, 1.82) is 0 Å². The number of hydrogen-bond acceptors (Lipinski definition) is 8. The largest absolute Gasteiger partial charge is 0.497 e. The Kier molecular flexibility index (Phi) is 6.03. The number of rotatable bonds is 7. The zero-order valence-corrected chi connectivity index (χ0v) is 19.6. The average Bonchev–Trinajstić information content (AvgIpc) is 3.56. The highest BCUT2D eigenvalue weighted by atomic mass is 35.5. The summed E-state index contributed by atoms with van der Waals surface area (Å²) < 4.78 is 13.5. The molecule has 1 N–H and O–H groups in total. The highest BCUT2D eigenvalue weighted by molar-refractivity contribution is 7.99. The molecule has 0 aliphatic carbocycles. The molecule has 0 saturated heterocycles. The molecule has 0 aliphatic heterocycles. The number of ether oxygens (including phenoxy) is 1. The van der Waals surface area contributed by atoms with Crippen LogP contribution in [0, 0.1) is 0 Å². The molecule has 0 radical (unpaired) electrons. The smallest absolute Gasteiger partial charge is 0.236 e. The average molecular weight is 498 g/mol. The summed E-state index contributed by atoms with van der Waals surface area (Å²) in [7, 11) is 1.61. The van der Waals surface area contributed by atoms with Gasteiger partial charge in [-0.2, -0.15) is 0 Å². The minimum absolute atomic E-state index is 0.111. The lowest BCUT2D eigenvalue weighted by molar-refractivity contribution is -0.113. The van der Waals surface area contributed by atoms with E-state index in [-0.39, 0.29) is 11.7 Å². The highest BCUT2D eigenvalue weighted by Crippen LogP contribution is 2.32. The molecule has 5 aromatic rings. The van der Waals surface area contributed by atoms with Gasteiger partial charge in [0.25, 0.3) is 0 Å². The molecule has 11 heteroatoms. The van der Waals surface area contributed by atoms with Gasteiger partial charge in [-0.15, -0.1) is 10.2 Å². The number of amides is 1. The molecule has 1 amide bonds. The Bertz CT molecular complexity index is 1430. The van der Waals surface area contributed by atoms with Crippen LogP contribution < -0.4 is 10.1 Å². The topological polar surface area (TPSA) is 95.1 Å². The maximum absolute atomic E-state index is 12.6. The first-order valence-corrected chi connectivity index (χ1v) is 11.9. The molecule has 0 saturated carbocycles. The molecular formula is C22H16ClN5O3S2. The van der Waals surface area contributed by atoms with Gasteiger partial charge in [0.05, 0.1) is 40.1 Å². The van der Waals surface area contributed by atoms with Crippen LogP contribution in [0.5, 0.6) is 5.75 Å². The number of methoxy groups -OCH3 is 1. The van der Waals surface area contributed by atoms with Crippen molar-refractivity contribution >= 4 is 56.0 Å². The van der Waals surface area contributed by atoms with Gasteiger partial charge < -0.3 is 14.5 Å². The number of benzene rings is 2. The number of hydrogen-bond donors (Lipinski definition) is 1. The number of nitrogens with zero attached hydrogens (tertiary/aromatic N) is 4. The Morgan fingerprint density at radius 3 is 2.88 bits per heavy atom. The zero-order chi connectivity index (χ0) is 22.8. The summed E-state index contributed by atoms with van der Waals surface area (Å²) in [5.74, 6) is 1.69. The quantitative estimate of drug-likeness (QED) is 0.295. The van der Waals surface area contributed by atoms with Crippen LogP contribution in [-0.2, 0) is 4.79 Å². The third kappa shape index (κ3) is 4.45. The number of anilines is 1. The summed E-state index contributed by atoms with van der Waals surface area (Å²) in [4.78, 5) is 17.1. The summed E-state index contributed by atoms with van der Waals surface area (Å²) in [5.41, 5.74) is 1.49. The molecule has 3 aromatic heterocycles. The van der Waals surface area contributed by atoms with Gasteiger partial charge in [0.2, 0.25) is 11.7 Å². The first kappa shape index (κ1) is 21.5. The molecule has 33 heavy (non-hydrogen) atoms. The fourth-order valence-corrected chi connectivity index (χ4v) is 5.03. The summed E-state index contributed by atoms with van der Waals surface area (Å²) in [5, 5.41) is 13.0. The lowest BCUT2D eigenvalue weighted by Gasteiger charge is -2.10. The monoisotopic (exact) mass is 497 g/mol. The van der Waals surface area contributed by atoms with Gasteiger partial charge in [0.1, 0.15) is 5.75 Å². The first-order chi connectivity index (χ1) is 16.1. The van der Waals surface area contributed by atoms with Gasteiger partial charge in [0.15, 0.2) is 16.0 Å². The van der Waals surface area contributed by atoms with E-state index in [1.165, 1.54) is 23.1 Å². The molecule has 0 spiro atoms. The fourth-order valence-electron chi connectivity index (χ4n) is 3.15. The molecule has 0 fully saturated rings. The Morgan fingerprint density at radius 2 is 2.09 bits per heavy atom. The van der Waals surface area contributed by atoms with E-state index in [2.05, 4.69) is 20.5 Å². The number of fused-ring (bicyclic) bond motifs is 1. The van der Waals surface area contributed by atoms with Crippen molar-refractivity contribution in [2.45, 2.75) is 5.16 Å². The lowest BCUT2D eigenvalue weighted by atomic mass is 10.3. The molecule has 5 rings (SSSR count). The van der Waals surface area contributed by atoms with Crippen LogP contribution in [-0.4, -0.2) is 38.5 Å². The molecule has 2 aromatic carbocycles. The predicted molar refractivity (Wildman–Crippen MR) is 130 cm³/mol. The first-order valence-electron chi connectivity index (χ1n) is 9.74. The van der Waals surface area contributed by atoms with E-state index in [0.717, 1.165) is 16.0 Å². The zero-order valence-electron chi connectivity index (χ0n) is 17.2. The molecule has 166 valence electrons. The maximum atomic E-state index is 12.6. The minimum Gasteiger partial charge on any atom is -0.497 e. The van der Waals surface area contributed by atoms with Crippen LogP contribution in [0.25, 0.3) is 27.5 Å². The van der Waals surface area contributed by atoms with Gasteiger partial charge in [-0.1, -0.05) is 46.8 Å². The third-order valence-corrected chi connectivity index (χ3v) is 6.82. The van der Waals surface area contributed by atoms with Gasteiger partial charge in [-0.3, -0.25) is 9.36 Å². The van der Waals surface area contributed by atoms with E-state index in [1.54, 1.807) is 36.1 Å². The second-order valence-electron chi connectivity index (χ2n) is 6.76. The van der Waals surface area contributed by atoms with Crippen molar-refractivity contribution in [2.75, 3.05) is 18.2 Å². The number of thiazole rings is 1. The second-order valence-corrected chi connectivity index (χ2v) is 9.14. The Labute approximate surface area is 201 Å². The Hall–Kier alpha value is -3.34. The molecule has 8 nitrogen and oxygen atoms in total. The normalized spacial score (nSPS) is 11.1. The molecule has 0 unspecified atom stereocenters. The van der Waals surface area contributed by atoms with Crippen molar-refractivity contribution in [1.82, 2.24) is 19.7 Å². The van der Waals surface area contributed by atoms with Crippen LogP contribution in [0.4, 0.5) is 5.13 Å². The van der Waals surface area contributed by atoms with Gasteiger partial charge >= 0.3 is 0 Å². The SMILES string of the molecule is COc1ccc2nc(NC(=O)CSc3nnc(-c4ccco4)n3-c3ccccc3Cl)sc2c1. The van der Waals surface area contributed by atoms with Gasteiger partial charge in [0, 0.05) is 0 Å². The van der Waals surface area contributed by atoms with Crippen LogP contribution in [0.3, 0.4) is 0 Å². The number of furan rings is 1. The number of halogens is 1. The van der Waals surface area contributed by atoms with Crippen molar-refractivity contribution in [3.05, 3.63) is 65.9 Å². The molecule has 3 heterocycles. The number of para-hydroxylation sites is 1. The van der Waals surface area contributed by atoms with Crippen molar-refractivity contribution in [3.8, 4) is 23.0 Å². The molecular weight excluding hydrogens is 482 g/mol. The van der Waals surface area contributed by atoms with E-state index in [1.807, 2.05) is 36.4 Å².